The summed E-state index contributed by atoms with van der Waals surface area (Å²) in [5.74, 6) is 1.27. The molecule has 84 valence electrons. The molecule has 3 heteroatoms. The first kappa shape index (κ1) is 12.6. The number of nitriles is 1. The molecule has 0 fully saturated rings. The summed E-state index contributed by atoms with van der Waals surface area (Å²) < 4.78 is 5.16. The normalized spacial score (nSPS) is 10.9. The van der Waals surface area contributed by atoms with Crippen molar-refractivity contribution in [3.05, 3.63) is 35.4 Å². The monoisotopic (exact) mass is 235 g/mol. The Balaban J connectivity index is 2.71. The zero-order valence-corrected chi connectivity index (χ0v) is 10.00. The summed E-state index contributed by atoms with van der Waals surface area (Å²) >= 11 is 5.79. The Morgan fingerprint density at radius 1 is 1.44 bits per heavy atom. The molecule has 0 saturated carbocycles. The van der Waals surface area contributed by atoms with E-state index in [-0.39, 0.29) is 6.61 Å². The number of benzene rings is 1. The molecule has 0 aliphatic rings. The fourth-order valence-corrected chi connectivity index (χ4v) is 1.51. The van der Waals surface area contributed by atoms with Gasteiger partial charge in [0, 0.05) is 5.88 Å². The van der Waals surface area contributed by atoms with Crippen LogP contribution in [0.25, 0.3) is 6.08 Å². The highest BCUT2D eigenvalue weighted by Crippen LogP contribution is 2.16. The Bertz CT molecular complexity index is 383. The minimum absolute atomic E-state index is 0.0804. The van der Waals surface area contributed by atoms with Gasteiger partial charge in [-0.25, -0.2) is 0 Å². The zero-order valence-electron chi connectivity index (χ0n) is 9.24. The van der Waals surface area contributed by atoms with Crippen LogP contribution in [0.1, 0.15) is 18.9 Å². The first-order valence-electron chi connectivity index (χ1n) is 5.15. The third-order valence-electron chi connectivity index (χ3n) is 2.18. The van der Waals surface area contributed by atoms with Crippen LogP contribution in [0.4, 0.5) is 0 Å². The maximum absolute atomic E-state index is 8.37. The largest absolute Gasteiger partial charge is 0.479 e. The van der Waals surface area contributed by atoms with Gasteiger partial charge in [0.25, 0.3) is 0 Å². The SMILES string of the molecule is CCC(=Cc1ccc(OCC#N)cc1)CCl. The van der Waals surface area contributed by atoms with E-state index in [0.717, 1.165) is 12.0 Å². The van der Waals surface area contributed by atoms with Gasteiger partial charge in [-0.1, -0.05) is 30.7 Å². The lowest BCUT2D eigenvalue weighted by atomic mass is 10.1. The number of rotatable bonds is 5. The second kappa shape index (κ2) is 6.92. The highest BCUT2D eigenvalue weighted by molar-refractivity contribution is 6.19. The lowest BCUT2D eigenvalue weighted by molar-refractivity contribution is 0.368. The summed E-state index contributed by atoms with van der Waals surface area (Å²) in [6.45, 7) is 2.16. The first-order valence-corrected chi connectivity index (χ1v) is 5.68. The molecule has 0 amide bonds. The van der Waals surface area contributed by atoms with Crippen LogP contribution in [0, 0.1) is 11.3 Å². The Kier molecular flexibility index (Phi) is 5.45. The topological polar surface area (TPSA) is 33.0 Å². The lowest BCUT2D eigenvalue weighted by Crippen LogP contribution is -1.92. The number of nitrogens with zero attached hydrogens (tertiary/aromatic N) is 1. The van der Waals surface area contributed by atoms with E-state index in [0.29, 0.717) is 11.6 Å². The molecule has 0 aromatic heterocycles. The van der Waals surface area contributed by atoms with E-state index in [1.807, 2.05) is 30.3 Å². The molecular weight excluding hydrogens is 222 g/mol. The fourth-order valence-electron chi connectivity index (χ4n) is 1.25. The molecule has 0 aliphatic carbocycles. The number of halogens is 1. The van der Waals surface area contributed by atoms with Crippen molar-refractivity contribution in [2.45, 2.75) is 13.3 Å². The van der Waals surface area contributed by atoms with Gasteiger partial charge in [-0.3, -0.25) is 0 Å². The molecule has 0 heterocycles. The standard InChI is InChI=1S/C13H14ClNO/c1-2-11(10-14)9-12-3-5-13(6-4-12)16-8-7-15/h3-6,9H,2,8,10H2,1H3. The van der Waals surface area contributed by atoms with Gasteiger partial charge < -0.3 is 4.74 Å². The molecule has 1 aromatic rings. The van der Waals surface area contributed by atoms with Crippen LogP contribution in [0.5, 0.6) is 5.75 Å². The molecule has 0 spiro atoms. The van der Waals surface area contributed by atoms with Crippen LogP contribution in [-0.4, -0.2) is 12.5 Å². The van der Waals surface area contributed by atoms with Crippen molar-refractivity contribution in [2.75, 3.05) is 12.5 Å². The van der Waals surface area contributed by atoms with Crippen LogP contribution in [0.15, 0.2) is 29.8 Å². The molecule has 0 radical (unpaired) electrons. The summed E-state index contributed by atoms with van der Waals surface area (Å²) in [5.41, 5.74) is 2.30. The number of allylic oxidation sites excluding steroid dienone is 1. The van der Waals surface area contributed by atoms with Crippen molar-refractivity contribution in [3.63, 3.8) is 0 Å². The fraction of sp³-hybridized carbons (Fsp3) is 0.308. The molecule has 0 unspecified atom stereocenters. The van der Waals surface area contributed by atoms with Crippen LogP contribution >= 0.6 is 11.6 Å². The summed E-state index contributed by atoms with van der Waals surface area (Å²) in [7, 11) is 0. The molecule has 1 aromatic carbocycles. The Morgan fingerprint density at radius 3 is 2.62 bits per heavy atom. The summed E-state index contributed by atoms with van der Waals surface area (Å²) in [6, 6.07) is 9.54. The number of ether oxygens (including phenoxy) is 1. The summed E-state index contributed by atoms with van der Waals surface area (Å²) in [5, 5.41) is 8.37. The second-order valence-corrected chi connectivity index (χ2v) is 3.57. The second-order valence-electron chi connectivity index (χ2n) is 3.31. The lowest BCUT2D eigenvalue weighted by Gasteiger charge is -2.03. The molecule has 16 heavy (non-hydrogen) atoms. The minimum atomic E-state index is 0.0804. The quantitative estimate of drug-likeness (QED) is 0.731. The van der Waals surface area contributed by atoms with E-state index < -0.39 is 0 Å². The van der Waals surface area contributed by atoms with Crippen LogP contribution in [0.2, 0.25) is 0 Å². The molecule has 2 nitrogen and oxygen atoms in total. The van der Waals surface area contributed by atoms with Gasteiger partial charge in [0.05, 0.1) is 0 Å². The minimum Gasteiger partial charge on any atom is -0.479 e. The van der Waals surface area contributed by atoms with Gasteiger partial charge in [-0.15, -0.1) is 11.6 Å². The molecule has 0 bridgehead atoms. The maximum Gasteiger partial charge on any atom is 0.174 e. The van der Waals surface area contributed by atoms with Crippen molar-refractivity contribution < 1.29 is 4.74 Å². The predicted octanol–water partition coefficient (Wildman–Crippen LogP) is 3.62. The Morgan fingerprint density at radius 2 is 2.12 bits per heavy atom. The van der Waals surface area contributed by atoms with Crippen molar-refractivity contribution in [2.24, 2.45) is 0 Å². The maximum atomic E-state index is 8.37. The molecule has 0 aliphatic heterocycles. The van der Waals surface area contributed by atoms with E-state index >= 15 is 0 Å². The van der Waals surface area contributed by atoms with Crippen molar-refractivity contribution in [1.82, 2.24) is 0 Å². The van der Waals surface area contributed by atoms with E-state index in [2.05, 4.69) is 13.0 Å². The third-order valence-corrected chi connectivity index (χ3v) is 2.52. The van der Waals surface area contributed by atoms with E-state index in [4.69, 9.17) is 21.6 Å². The van der Waals surface area contributed by atoms with Crippen LogP contribution < -0.4 is 4.74 Å². The first-order chi connectivity index (χ1) is 7.80. The van der Waals surface area contributed by atoms with Gasteiger partial charge in [-0.2, -0.15) is 5.26 Å². The number of alkyl halides is 1. The molecular formula is C13H14ClNO. The Labute approximate surface area is 101 Å². The zero-order chi connectivity index (χ0) is 11.8. The average molecular weight is 236 g/mol. The predicted molar refractivity (Wildman–Crippen MR) is 66.5 cm³/mol. The van der Waals surface area contributed by atoms with Crippen LogP contribution in [0.3, 0.4) is 0 Å². The highest BCUT2D eigenvalue weighted by Gasteiger charge is 1.95. The van der Waals surface area contributed by atoms with Gasteiger partial charge in [-0.05, 0) is 24.1 Å². The molecule has 0 atom stereocenters. The summed E-state index contributed by atoms with van der Waals surface area (Å²) in [6.07, 6.45) is 3.03. The molecule has 0 saturated heterocycles. The molecule has 0 N–H and O–H groups in total. The van der Waals surface area contributed by atoms with Crippen molar-refractivity contribution >= 4 is 17.7 Å². The van der Waals surface area contributed by atoms with Crippen LogP contribution in [-0.2, 0) is 0 Å². The summed E-state index contributed by atoms with van der Waals surface area (Å²) in [4.78, 5) is 0. The number of hydrogen-bond acceptors (Lipinski definition) is 2. The van der Waals surface area contributed by atoms with Gasteiger partial charge in [0.15, 0.2) is 6.61 Å². The number of hydrogen-bond donors (Lipinski definition) is 0. The third kappa shape index (κ3) is 3.96. The van der Waals surface area contributed by atoms with E-state index in [1.54, 1.807) is 0 Å². The van der Waals surface area contributed by atoms with Gasteiger partial charge in [0.1, 0.15) is 11.8 Å². The smallest absolute Gasteiger partial charge is 0.174 e. The highest BCUT2D eigenvalue weighted by atomic mass is 35.5. The van der Waals surface area contributed by atoms with Gasteiger partial charge in [0.2, 0.25) is 0 Å². The average Bonchev–Trinajstić information content (AvgIpc) is 2.35. The van der Waals surface area contributed by atoms with Crippen molar-refractivity contribution in [3.8, 4) is 11.8 Å². The Hall–Kier alpha value is -1.46. The molecule has 1 rings (SSSR count). The van der Waals surface area contributed by atoms with Gasteiger partial charge >= 0.3 is 0 Å². The van der Waals surface area contributed by atoms with E-state index in [1.165, 1.54) is 5.57 Å². The van der Waals surface area contributed by atoms with Crippen molar-refractivity contribution in [1.29, 1.82) is 5.26 Å². The van der Waals surface area contributed by atoms with E-state index in [9.17, 15) is 0 Å².